The maximum atomic E-state index is 6.03. The van der Waals surface area contributed by atoms with Crippen molar-refractivity contribution in [3.05, 3.63) is 51.0 Å². The van der Waals surface area contributed by atoms with E-state index in [9.17, 15) is 0 Å². The molecule has 2 aromatic carbocycles. The van der Waals surface area contributed by atoms with Gasteiger partial charge in [0.25, 0.3) is 0 Å². The molecule has 0 atom stereocenters. The Balaban J connectivity index is 0.00000364. The molecule has 2 rings (SSSR count). The van der Waals surface area contributed by atoms with Crippen molar-refractivity contribution in [3.63, 3.8) is 0 Å². The molecular formula is C18H18Cl6N2O. The highest BCUT2D eigenvalue weighted by Gasteiger charge is 2.12. The van der Waals surface area contributed by atoms with Crippen molar-refractivity contribution in [1.82, 2.24) is 0 Å². The minimum absolute atomic E-state index is 0. The van der Waals surface area contributed by atoms with Gasteiger partial charge in [-0.2, -0.15) is 0 Å². The molecule has 0 saturated heterocycles. The number of benzene rings is 2. The first-order chi connectivity index (χ1) is 12.5. The second-order valence-corrected chi connectivity index (χ2v) is 7.23. The monoisotopic (exact) mass is 488 g/mol. The Morgan fingerprint density at radius 3 is 2.11 bits per heavy atom. The van der Waals surface area contributed by atoms with Gasteiger partial charge in [-0.05, 0) is 29.8 Å². The number of nitrogens with zero attached hydrogens (tertiary/aromatic N) is 2. The minimum atomic E-state index is 0. The summed E-state index contributed by atoms with van der Waals surface area (Å²) in [6, 6.07) is 9.10. The highest BCUT2D eigenvalue weighted by molar-refractivity contribution is 6.48. The molecule has 0 aliphatic rings. The quantitative estimate of drug-likeness (QED) is 0.224. The van der Waals surface area contributed by atoms with E-state index in [0.717, 1.165) is 17.0 Å². The predicted octanol–water partition coefficient (Wildman–Crippen LogP) is 7.11. The van der Waals surface area contributed by atoms with Crippen molar-refractivity contribution in [2.75, 3.05) is 36.9 Å². The number of hydrogen-bond acceptors (Lipinski definition) is 3. The van der Waals surface area contributed by atoms with Crippen LogP contribution in [0.1, 0.15) is 5.56 Å². The topological polar surface area (TPSA) is 24.8 Å². The summed E-state index contributed by atoms with van der Waals surface area (Å²) in [5.41, 5.74) is 2.41. The van der Waals surface area contributed by atoms with Gasteiger partial charge in [-0.1, -0.05) is 40.9 Å². The molecule has 0 bridgehead atoms. The van der Waals surface area contributed by atoms with Gasteiger partial charge in [-0.15, -0.1) is 35.6 Å². The maximum Gasteiger partial charge on any atom is 0.142 e. The van der Waals surface area contributed by atoms with Gasteiger partial charge in [0, 0.05) is 31.1 Å². The number of halogens is 6. The van der Waals surface area contributed by atoms with Crippen LogP contribution in [-0.2, 0) is 0 Å². The molecule has 0 heterocycles. The average Bonchev–Trinajstić information content (AvgIpc) is 2.64. The van der Waals surface area contributed by atoms with Crippen molar-refractivity contribution >= 4 is 88.0 Å². The van der Waals surface area contributed by atoms with E-state index < -0.39 is 0 Å². The Bertz CT molecular complexity index is 755. The fourth-order valence-corrected chi connectivity index (χ4v) is 3.35. The van der Waals surface area contributed by atoms with Gasteiger partial charge >= 0.3 is 0 Å². The zero-order valence-electron chi connectivity index (χ0n) is 14.4. The fourth-order valence-electron chi connectivity index (χ4n) is 2.36. The lowest BCUT2D eigenvalue weighted by molar-refractivity contribution is 0.414. The lowest BCUT2D eigenvalue weighted by atomic mass is 10.2. The van der Waals surface area contributed by atoms with Gasteiger partial charge in [0.15, 0.2) is 0 Å². The van der Waals surface area contributed by atoms with Crippen LogP contribution in [0.2, 0.25) is 15.1 Å². The normalized spacial score (nSPS) is 10.7. The van der Waals surface area contributed by atoms with Gasteiger partial charge in [0.2, 0.25) is 0 Å². The summed E-state index contributed by atoms with van der Waals surface area (Å²) in [5.74, 6) is 1.72. The number of hydrogen-bond donors (Lipinski definition) is 0. The van der Waals surface area contributed by atoms with E-state index in [2.05, 4.69) is 9.89 Å². The third kappa shape index (κ3) is 6.77. The second kappa shape index (κ2) is 12.1. The summed E-state index contributed by atoms with van der Waals surface area (Å²) in [7, 11) is 1.62. The molecule has 27 heavy (non-hydrogen) atoms. The summed E-state index contributed by atoms with van der Waals surface area (Å²) in [6.07, 6.45) is 1.70. The molecule has 0 aliphatic heterocycles. The first kappa shape index (κ1) is 24.5. The lowest BCUT2D eigenvalue weighted by Crippen LogP contribution is -2.28. The van der Waals surface area contributed by atoms with Crippen LogP contribution in [0, 0.1) is 0 Å². The van der Waals surface area contributed by atoms with Crippen molar-refractivity contribution in [2.45, 2.75) is 0 Å². The first-order valence-corrected chi connectivity index (χ1v) is 9.94. The molecule has 0 saturated carbocycles. The van der Waals surface area contributed by atoms with Gasteiger partial charge in [-0.25, -0.2) is 0 Å². The summed E-state index contributed by atoms with van der Waals surface area (Å²) < 4.78 is 5.52. The largest absolute Gasteiger partial charge is 0.495 e. The average molecular weight is 491 g/mol. The molecule has 0 spiro atoms. The Morgan fingerprint density at radius 1 is 1.00 bits per heavy atom. The predicted molar refractivity (Wildman–Crippen MR) is 123 cm³/mol. The highest BCUT2D eigenvalue weighted by atomic mass is 35.5. The van der Waals surface area contributed by atoms with Crippen LogP contribution in [0.3, 0.4) is 0 Å². The molecule has 0 fully saturated rings. The van der Waals surface area contributed by atoms with Crippen molar-refractivity contribution in [1.29, 1.82) is 0 Å². The van der Waals surface area contributed by atoms with E-state index in [0.29, 0.717) is 45.6 Å². The van der Waals surface area contributed by atoms with Crippen molar-refractivity contribution in [2.24, 2.45) is 4.99 Å². The maximum absolute atomic E-state index is 6.03. The summed E-state index contributed by atoms with van der Waals surface area (Å²) in [4.78, 5) is 6.48. The minimum Gasteiger partial charge on any atom is -0.495 e. The van der Waals surface area contributed by atoms with E-state index in [4.69, 9.17) is 62.7 Å². The van der Waals surface area contributed by atoms with Crippen LogP contribution in [-0.4, -0.2) is 38.2 Å². The Kier molecular flexibility index (Phi) is 11.0. The molecule has 0 amide bonds. The molecule has 0 N–H and O–H groups in total. The second-order valence-electron chi connectivity index (χ2n) is 5.28. The third-order valence-electron chi connectivity index (χ3n) is 3.58. The number of methoxy groups -OCH3 is 1. The smallest absolute Gasteiger partial charge is 0.142 e. The fraction of sp³-hybridized carbons (Fsp3) is 0.278. The molecular weight excluding hydrogens is 473 g/mol. The number of ether oxygens (including phenoxy) is 1. The van der Waals surface area contributed by atoms with E-state index in [1.54, 1.807) is 25.5 Å². The molecule has 2 aromatic rings. The lowest BCUT2D eigenvalue weighted by Gasteiger charge is -2.25. The van der Waals surface area contributed by atoms with Gasteiger partial charge < -0.3 is 9.64 Å². The Morgan fingerprint density at radius 2 is 1.59 bits per heavy atom. The molecule has 0 radical (unpaired) electrons. The van der Waals surface area contributed by atoms with E-state index in [1.807, 2.05) is 18.2 Å². The van der Waals surface area contributed by atoms with Crippen LogP contribution < -0.4 is 9.64 Å². The van der Waals surface area contributed by atoms with Crippen LogP contribution in [0.5, 0.6) is 5.75 Å². The van der Waals surface area contributed by atoms with Crippen LogP contribution >= 0.6 is 70.4 Å². The molecule has 0 unspecified atom stereocenters. The van der Waals surface area contributed by atoms with E-state index in [-0.39, 0.29) is 12.4 Å². The Hall–Kier alpha value is -0.550. The first-order valence-electron chi connectivity index (χ1n) is 7.73. The Labute approximate surface area is 190 Å². The van der Waals surface area contributed by atoms with Crippen LogP contribution in [0.4, 0.5) is 11.4 Å². The van der Waals surface area contributed by atoms with Gasteiger partial charge in [0.05, 0.1) is 33.6 Å². The number of rotatable bonds is 8. The van der Waals surface area contributed by atoms with Gasteiger partial charge in [0.1, 0.15) is 5.75 Å². The summed E-state index contributed by atoms with van der Waals surface area (Å²) in [5, 5.41) is 1.03. The summed E-state index contributed by atoms with van der Waals surface area (Å²) >= 11 is 29.8. The SMILES string of the molecule is COc1cc(C=Nc2cc(Cl)c(Cl)c(Cl)c2)ccc1N(CCCl)CCCl.Cl. The molecule has 0 aliphatic carbocycles. The summed E-state index contributed by atoms with van der Waals surface area (Å²) in [6.45, 7) is 1.36. The zero-order valence-corrected chi connectivity index (χ0v) is 19.0. The standard InChI is InChI=1S/C18H17Cl5N2O.ClH/c1-26-17-8-12(2-3-16(17)25(6-4-19)7-5-20)11-24-13-9-14(21)18(23)15(22)10-13;/h2-3,8-11H,4-7H2,1H3;1H. The van der Waals surface area contributed by atoms with E-state index in [1.165, 1.54) is 0 Å². The van der Waals surface area contributed by atoms with Crippen molar-refractivity contribution in [3.8, 4) is 5.75 Å². The molecule has 148 valence electrons. The van der Waals surface area contributed by atoms with Crippen LogP contribution in [0.25, 0.3) is 0 Å². The number of anilines is 1. The molecule has 3 nitrogen and oxygen atoms in total. The van der Waals surface area contributed by atoms with Crippen LogP contribution in [0.15, 0.2) is 35.3 Å². The number of aliphatic imine (C=N–C) groups is 1. The third-order valence-corrected chi connectivity index (χ3v) is 5.12. The van der Waals surface area contributed by atoms with Crippen molar-refractivity contribution < 1.29 is 4.74 Å². The number of alkyl halides is 2. The zero-order chi connectivity index (χ0) is 19.1. The molecule has 9 heteroatoms. The van der Waals surface area contributed by atoms with Gasteiger partial charge in [-0.3, -0.25) is 4.99 Å². The molecule has 0 aromatic heterocycles. The van der Waals surface area contributed by atoms with E-state index >= 15 is 0 Å². The highest BCUT2D eigenvalue weighted by Crippen LogP contribution is 2.34.